The second kappa shape index (κ2) is 5.43. The molecule has 0 radical (unpaired) electrons. The molecule has 1 saturated heterocycles. The average Bonchev–Trinajstić information content (AvgIpc) is 2.77. The monoisotopic (exact) mass is 322 g/mol. The van der Waals surface area contributed by atoms with Crippen LogP contribution in [0.5, 0.6) is 0 Å². The number of rotatable bonds is 4. The zero-order valence-corrected chi connectivity index (χ0v) is 12.8. The lowest BCUT2D eigenvalue weighted by atomic mass is 10.4. The summed E-state index contributed by atoms with van der Waals surface area (Å²) in [6.07, 6.45) is 2.68. The van der Waals surface area contributed by atoms with Crippen molar-refractivity contribution in [2.45, 2.75) is 24.4 Å². The van der Waals surface area contributed by atoms with Gasteiger partial charge in [0.2, 0.25) is 10.0 Å². The molecule has 0 saturated carbocycles. The first kappa shape index (κ1) is 15.4. The molecule has 0 amide bonds. The molecule has 1 aromatic rings. The van der Waals surface area contributed by atoms with E-state index in [4.69, 9.17) is 5.73 Å². The van der Waals surface area contributed by atoms with Crippen LogP contribution < -0.4 is 5.73 Å². The maximum atomic E-state index is 12.5. The number of nitrogens with zero attached hydrogens (tertiary/aromatic N) is 3. The Morgan fingerprint density at radius 1 is 1.50 bits per heavy atom. The summed E-state index contributed by atoms with van der Waals surface area (Å²) in [7, 11) is -6.87. The van der Waals surface area contributed by atoms with Crippen LogP contribution in [0, 0.1) is 0 Å². The van der Waals surface area contributed by atoms with Gasteiger partial charge in [-0.25, -0.2) is 16.8 Å². The highest BCUT2D eigenvalue weighted by molar-refractivity contribution is 7.92. The van der Waals surface area contributed by atoms with Crippen LogP contribution in [0.25, 0.3) is 0 Å². The summed E-state index contributed by atoms with van der Waals surface area (Å²) in [5.41, 5.74) is 5.39. The van der Waals surface area contributed by atoms with E-state index in [0.717, 1.165) is 0 Å². The van der Waals surface area contributed by atoms with Crippen molar-refractivity contribution in [3.05, 3.63) is 12.4 Å². The fourth-order valence-electron chi connectivity index (χ4n) is 2.21. The fourth-order valence-corrected chi connectivity index (χ4v) is 5.56. The second-order valence-electron chi connectivity index (χ2n) is 4.81. The van der Waals surface area contributed by atoms with Crippen molar-refractivity contribution in [1.29, 1.82) is 0 Å². The molecule has 10 heteroatoms. The number of sulfone groups is 1. The quantitative estimate of drug-likeness (QED) is 0.733. The minimum absolute atomic E-state index is 0.0199. The van der Waals surface area contributed by atoms with Crippen molar-refractivity contribution < 1.29 is 16.8 Å². The van der Waals surface area contributed by atoms with Gasteiger partial charge in [0, 0.05) is 25.3 Å². The van der Waals surface area contributed by atoms with E-state index >= 15 is 0 Å². The maximum Gasteiger partial charge on any atom is 0.246 e. The van der Waals surface area contributed by atoms with E-state index in [0.29, 0.717) is 13.1 Å². The second-order valence-corrected chi connectivity index (χ2v) is 8.93. The summed E-state index contributed by atoms with van der Waals surface area (Å²) in [5.74, 6) is -0.295. The molecule has 0 spiro atoms. The van der Waals surface area contributed by atoms with Crippen LogP contribution in [0.3, 0.4) is 0 Å². The third-order valence-electron chi connectivity index (χ3n) is 3.18. The molecule has 0 aliphatic carbocycles. The van der Waals surface area contributed by atoms with Crippen LogP contribution in [0.1, 0.15) is 6.92 Å². The summed E-state index contributed by atoms with van der Waals surface area (Å²) in [4.78, 5) is 0.0668. The van der Waals surface area contributed by atoms with E-state index < -0.39 is 25.9 Å². The molecular formula is C10H18N4O4S2. The topological polar surface area (TPSA) is 115 Å². The van der Waals surface area contributed by atoms with Crippen LogP contribution in [-0.2, 0) is 26.4 Å². The fraction of sp³-hybridized carbons (Fsp3) is 0.700. The number of aromatic nitrogens is 2. The van der Waals surface area contributed by atoms with Gasteiger partial charge in [-0.2, -0.15) is 9.40 Å². The van der Waals surface area contributed by atoms with Gasteiger partial charge >= 0.3 is 0 Å². The summed E-state index contributed by atoms with van der Waals surface area (Å²) in [6.45, 7) is 2.37. The average molecular weight is 322 g/mol. The molecule has 2 N–H and O–H groups in total. The summed E-state index contributed by atoms with van der Waals surface area (Å²) in [5, 5.41) is 3.93. The van der Waals surface area contributed by atoms with Gasteiger partial charge in [-0.3, -0.25) is 4.68 Å². The molecule has 2 heterocycles. The first-order valence-corrected chi connectivity index (χ1v) is 9.47. The van der Waals surface area contributed by atoms with Gasteiger partial charge in [-0.1, -0.05) is 0 Å². The largest absolute Gasteiger partial charge is 0.329 e. The highest BCUT2D eigenvalue weighted by Crippen LogP contribution is 2.21. The Morgan fingerprint density at radius 2 is 2.20 bits per heavy atom. The molecule has 0 aromatic carbocycles. The Bertz CT molecular complexity index is 680. The van der Waals surface area contributed by atoms with E-state index in [1.54, 1.807) is 6.92 Å². The highest BCUT2D eigenvalue weighted by Gasteiger charge is 2.37. The lowest BCUT2D eigenvalue weighted by Crippen LogP contribution is -2.49. The lowest BCUT2D eigenvalue weighted by Gasteiger charge is -2.31. The summed E-state index contributed by atoms with van der Waals surface area (Å²) >= 11 is 0. The van der Waals surface area contributed by atoms with Gasteiger partial charge < -0.3 is 5.73 Å². The molecular weight excluding hydrogens is 304 g/mol. The summed E-state index contributed by atoms with van der Waals surface area (Å²) in [6, 6.07) is -0.573. The van der Waals surface area contributed by atoms with Crippen molar-refractivity contribution in [1.82, 2.24) is 14.1 Å². The maximum absolute atomic E-state index is 12.5. The van der Waals surface area contributed by atoms with Gasteiger partial charge in [0.15, 0.2) is 9.84 Å². The zero-order chi connectivity index (χ0) is 15.0. The molecule has 1 unspecified atom stereocenters. The molecule has 1 aromatic heterocycles. The Kier molecular flexibility index (Phi) is 4.19. The van der Waals surface area contributed by atoms with Crippen molar-refractivity contribution in [2.75, 3.05) is 24.6 Å². The molecule has 1 fully saturated rings. The number of nitrogens with two attached hydrogens (primary N) is 1. The van der Waals surface area contributed by atoms with Crippen molar-refractivity contribution in [3.8, 4) is 0 Å². The van der Waals surface area contributed by atoms with E-state index in [-0.39, 0.29) is 22.9 Å². The number of hydrogen-bond acceptors (Lipinski definition) is 6. The van der Waals surface area contributed by atoms with Gasteiger partial charge in [-0.15, -0.1) is 0 Å². The van der Waals surface area contributed by atoms with Crippen LogP contribution >= 0.6 is 0 Å². The Hall–Kier alpha value is -0.970. The van der Waals surface area contributed by atoms with Crippen molar-refractivity contribution in [3.63, 3.8) is 0 Å². The molecule has 0 bridgehead atoms. The normalized spacial score (nSPS) is 23.8. The van der Waals surface area contributed by atoms with Crippen LogP contribution in [0.2, 0.25) is 0 Å². The first-order valence-electron chi connectivity index (χ1n) is 6.21. The molecule has 1 aliphatic heterocycles. The lowest BCUT2D eigenvalue weighted by molar-refractivity contribution is 0.357. The van der Waals surface area contributed by atoms with Crippen molar-refractivity contribution >= 4 is 19.9 Å². The van der Waals surface area contributed by atoms with Gasteiger partial charge in [-0.05, 0) is 6.92 Å². The highest BCUT2D eigenvalue weighted by atomic mass is 32.2. The van der Waals surface area contributed by atoms with E-state index in [2.05, 4.69) is 5.10 Å². The Balaban J connectivity index is 2.26. The zero-order valence-electron chi connectivity index (χ0n) is 11.1. The SMILES string of the molecule is CC1CS(=O)(=O)CCN1S(=O)(=O)c1cnn(CCN)c1. The molecule has 1 aliphatic rings. The first-order chi connectivity index (χ1) is 9.26. The minimum atomic E-state index is -3.71. The molecule has 1 atom stereocenters. The van der Waals surface area contributed by atoms with E-state index in [1.807, 2.05) is 0 Å². The predicted molar refractivity (Wildman–Crippen MR) is 73.3 cm³/mol. The number of hydrogen-bond donors (Lipinski definition) is 1. The molecule has 8 nitrogen and oxygen atoms in total. The predicted octanol–water partition coefficient (Wildman–Crippen LogP) is -1.35. The summed E-state index contributed by atoms with van der Waals surface area (Å²) < 4.78 is 50.6. The minimum Gasteiger partial charge on any atom is -0.329 e. The van der Waals surface area contributed by atoms with Crippen molar-refractivity contribution in [2.24, 2.45) is 5.73 Å². The standard InChI is InChI=1S/C10H18N4O4S2/c1-9-8-19(15,16)5-4-14(9)20(17,18)10-6-12-13(7-10)3-2-11/h6-7,9H,2-5,8,11H2,1H3. The van der Waals surface area contributed by atoms with E-state index in [9.17, 15) is 16.8 Å². The van der Waals surface area contributed by atoms with Crippen LogP contribution in [-0.4, -0.2) is 61.6 Å². The van der Waals surface area contributed by atoms with Gasteiger partial charge in [0.1, 0.15) is 4.90 Å². The van der Waals surface area contributed by atoms with Crippen LogP contribution in [0.4, 0.5) is 0 Å². The molecule has 2 rings (SSSR count). The third kappa shape index (κ3) is 3.03. The van der Waals surface area contributed by atoms with E-state index in [1.165, 1.54) is 21.4 Å². The molecule has 114 valence electrons. The molecule has 20 heavy (non-hydrogen) atoms. The smallest absolute Gasteiger partial charge is 0.246 e. The van der Waals surface area contributed by atoms with Gasteiger partial charge in [0.25, 0.3) is 0 Å². The Morgan fingerprint density at radius 3 is 2.80 bits per heavy atom. The van der Waals surface area contributed by atoms with Gasteiger partial charge in [0.05, 0.1) is 24.2 Å². The third-order valence-corrected chi connectivity index (χ3v) is 6.95. The van der Waals surface area contributed by atoms with Crippen LogP contribution in [0.15, 0.2) is 17.3 Å². The Labute approximate surface area is 118 Å². The number of sulfonamides is 1.